The highest BCUT2D eigenvalue weighted by molar-refractivity contribution is 6.19. The van der Waals surface area contributed by atoms with Crippen LogP contribution in [0.15, 0.2) is 59.6 Å². The highest BCUT2D eigenvalue weighted by Gasteiger charge is 2.40. The standard InChI is InChI=1S/C20H19FN4O3/c1-24-19(27)17(18(22)23-20(24)28)25(12-14-5-3-2-4-6-14)16(26)11-13-7-9-15(21)10-8-13/h2-10,17H,11-12H2,1H3,(H2,22,23,28). The van der Waals surface area contributed by atoms with Crippen LogP contribution >= 0.6 is 0 Å². The van der Waals surface area contributed by atoms with Crippen molar-refractivity contribution in [3.8, 4) is 0 Å². The number of likely N-dealkylation sites (N-methyl/N-ethyl adjacent to an activating group) is 1. The molecular formula is C20H19FN4O3. The van der Waals surface area contributed by atoms with E-state index in [1.165, 1.54) is 36.2 Å². The lowest BCUT2D eigenvalue weighted by Gasteiger charge is -2.34. The molecule has 2 aromatic carbocycles. The molecule has 144 valence electrons. The average Bonchev–Trinajstić information content (AvgIpc) is 2.68. The van der Waals surface area contributed by atoms with Gasteiger partial charge < -0.3 is 10.6 Å². The van der Waals surface area contributed by atoms with Crippen LogP contribution < -0.4 is 5.73 Å². The van der Waals surface area contributed by atoms with E-state index in [-0.39, 0.29) is 18.8 Å². The second kappa shape index (κ2) is 7.99. The average molecular weight is 382 g/mol. The molecule has 0 aliphatic carbocycles. The Morgan fingerprint density at radius 3 is 2.39 bits per heavy atom. The molecule has 0 aromatic heterocycles. The smallest absolute Gasteiger partial charge is 0.351 e. The van der Waals surface area contributed by atoms with Crippen LogP contribution in [0.1, 0.15) is 11.1 Å². The zero-order valence-electron chi connectivity index (χ0n) is 15.2. The number of urea groups is 1. The fourth-order valence-electron chi connectivity index (χ4n) is 2.93. The van der Waals surface area contributed by atoms with Crippen molar-refractivity contribution < 1.29 is 18.8 Å². The van der Waals surface area contributed by atoms with Gasteiger partial charge in [0.2, 0.25) is 5.91 Å². The zero-order valence-corrected chi connectivity index (χ0v) is 15.2. The number of amides is 4. The number of rotatable bonds is 5. The summed E-state index contributed by atoms with van der Waals surface area (Å²) in [6, 6.07) is 12.7. The number of hydrogen-bond acceptors (Lipinski definition) is 4. The number of aliphatic imine (C=N–C) groups is 1. The monoisotopic (exact) mass is 382 g/mol. The highest BCUT2D eigenvalue weighted by Crippen LogP contribution is 2.17. The van der Waals surface area contributed by atoms with Crippen molar-refractivity contribution in [1.82, 2.24) is 9.80 Å². The highest BCUT2D eigenvalue weighted by atomic mass is 19.1. The number of nitrogens with zero attached hydrogens (tertiary/aromatic N) is 3. The fourth-order valence-corrected chi connectivity index (χ4v) is 2.93. The van der Waals surface area contributed by atoms with E-state index in [9.17, 15) is 18.8 Å². The van der Waals surface area contributed by atoms with Gasteiger partial charge in [0.1, 0.15) is 11.7 Å². The van der Waals surface area contributed by atoms with Gasteiger partial charge in [-0.05, 0) is 23.3 Å². The van der Waals surface area contributed by atoms with E-state index in [2.05, 4.69) is 4.99 Å². The summed E-state index contributed by atoms with van der Waals surface area (Å²) in [6.45, 7) is 0.107. The first-order chi connectivity index (χ1) is 13.4. The Kier molecular flexibility index (Phi) is 5.49. The molecule has 2 aromatic rings. The first-order valence-corrected chi connectivity index (χ1v) is 8.60. The molecule has 3 rings (SSSR count). The number of carbonyl (C=O) groups is 3. The molecule has 4 amide bonds. The molecule has 0 saturated carbocycles. The summed E-state index contributed by atoms with van der Waals surface area (Å²) in [5, 5.41) is 0. The van der Waals surface area contributed by atoms with Crippen LogP contribution in [-0.4, -0.2) is 46.6 Å². The second-order valence-corrected chi connectivity index (χ2v) is 6.43. The van der Waals surface area contributed by atoms with E-state index in [0.29, 0.717) is 5.56 Å². The third-order valence-electron chi connectivity index (χ3n) is 4.45. The molecule has 0 bridgehead atoms. The van der Waals surface area contributed by atoms with E-state index in [1.54, 1.807) is 0 Å². The molecule has 1 heterocycles. The summed E-state index contributed by atoms with van der Waals surface area (Å²) in [6.07, 6.45) is -0.0537. The summed E-state index contributed by atoms with van der Waals surface area (Å²) >= 11 is 0. The largest absolute Gasteiger partial charge is 0.385 e. The van der Waals surface area contributed by atoms with Gasteiger partial charge in [0.05, 0.1) is 6.42 Å². The molecule has 1 aliphatic heterocycles. The van der Waals surface area contributed by atoms with E-state index in [4.69, 9.17) is 5.73 Å². The van der Waals surface area contributed by atoms with Gasteiger partial charge in [-0.25, -0.2) is 9.18 Å². The minimum absolute atomic E-state index is 0.0537. The Hall–Kier alpha value is -3.55. The Morgan fingerprint density at radius 2 is 1.75 bits per heavy atom. The molecule has 0 fully saturated rings. The summed E-state index contributed by atoms with van der Waals surface area (Å²) in [4.78, 5) is 43.3. The molecule has 1 atom stereocenters. The van der Waals surface area contributed by atoms with Crippen LogP contribution in [-0.2, 0) is 22.6 Å². The summed E-state index contributed by atoms with van der Waals surface area (Å²) < 4.78 is 13.1. The fraction of sp³-hybridized carbons (Fsp3) is 0.200. The number of imide groups is 1. The van der Waals surface area contributed by atoms with E-state index < -0.39 is 29.7 Å². The maximum absolute atomic E-state index is 13.1. The number of amidine groups is 1. The number of carbonyl (C=O) groups excluding carboxylic acids is 3. The van der Waals surface area contributed by atoms with Crippen molar-refractivity contribution in [1.29, 1.82) is 0 Å². The van der Waals surface area contributed by atoms with E-state index in [0.717, 1.165) is 10.5 Å². The van der Waals surface area contributed by atoms with Gasteiger partial charge in [0.25, 0.3) is 5.91 Å². The predicted octanol–water partition coefficient (Wildman–Crippen LogP) is 1.71. The third kappa shape index (κ3) is 4.06. The quantitative estimate of drug-likeness (QED) is 0.852. The van der Waals surface area contributed by atoms with Crippen molar-refractivity contribution in [2.45, 2.75) is 19.0 Å². The van der Waals surface area contributed by atoms with E-state index >= 15 is 0 Å². The SMILES string of the molecule is CN1C(=O)N=C(N)C(N(Cc2ccccc2)C(=O)Cc2ccc(F)cc2)C1=O. The Bertz CT molecular complexity index is 928. The Labute approximate surface area is 161 Å². The third-order valence-corrected chi connectivity index (χ3v) is 4.45. The number of halogens is 1. The molecular weight excluding hydrogens is 363 g/mol. The van der Waals surface area contributed by atoms with Crippen molar-refractivity contribution >= 4 is 23.7 Å². The minimum atomic E-state index is -1.18. The Morgan fingerprint density at radius 1 is 1.11 bits per heavy atom. The number of hydrogen-bond donors (Lipinski definition) is 1. The zero-order chi connectivity index (χ0) is 20.3. The van der Waals surface area contributed by atoms with Crippen LogP contribution in [0.3, 0.4) is 0 Å². The van der Waals surface area contributed by atoms with Crippen LogP contribution in [0.5, 0.6) is 0 Å². The molecule has 28 heavy (non-hydrogen) atoms. The molecule has 1 unspecified atom stereocenters. The van der Waals surface area contributed by atoms with Crippen LogP contribution in [0.4, 0.5) is 9.18 Å². The summed E-state index contributed by atoms with van der Waals surface area (Å²) in [5.74, 6) is -1.65. The molecule has 7 nitrogen and oxygen atoms in total. The van der Waals surface area contributed by atoms with E-state index in [1.807, 2.05) is 30.3 Å². The maximum atomic E-state index is 13.1. The van der Waals surface area contributed by atoms with Gasteiger partial charge in [0, 0.05) is 13.6 Å². The van der Waals surface area contributed by atoms with Crippen LogP contribution in [0.25, 0.3) is 0 Å². The van der Waals surface area contributed by atoms with Gasteiger partial charge in [-0.1, -0.05) is 42.5 Å². The summed E-state index contributed by atoms with van der Waals surface area (Å²) in [5.41, 5.74) is 7.24. The minimum Gasteiger partial charge on any atom is -0.385 e. The lowest BCUT2D eigenvalue weighted by atomic mass is 10.1. The van der Waals surface area contributed by atoms with Crippen molar-refractivity contribution in [2.24, 2.45) is 10.7 Å². The van der Waals surface area contributed by atoms with Gasteiger partial charge >= 0.3 is 6.03 Å². The van der Waals surface area contributed by atoms with Crippen LogP contribution in [0, 0.1) is 5.82 Å². The van der Waals surface area contributed by atoms with Gasteiger partial charge in [0.15, 0.2) is 6.04 Å². The molecule has 0 spiro atoms. The molecule has 1 aliphatic rings. The maximum Gasteiger partial charge on any atom is 0.351 e. The first kappa shape index (κ1) is 19.2. The van der Waals surface area contributed by atoms with Crippen molar-refractivity contribution in [3.05, 3.63) is 71.5 Å². The normalized spacial score (nSPS) is 16.7. The second-order valence-electron chi connectivity index (χ2n) is 6.43. The van der Waals surface area contributed by atoms with Crippen LogP contribution in [0.2, 0.25) is 0 Å². The van der Waals surface area contributed by atoms with Crippen molar-refractivity contribution in [2.75, 3.05) is 7.05 Å². The van der Waals surface area contributed by atoms with Gasteiger partial charge in [-0.2, -0.15) is 4.99 Å². The topological polar surface area (TPSA) is 96.1 Å². The number of nitrogens with two attached hydrogens (primary N) is 1. The lowest BCUT2D eigenvalue weighted by molar-refractivity contribution is -0.141. The predicted molar refractivity (Wildman–Crippen MR) is 101 cm³/mol. The number of benzene rings is 2. The Balaban J connectivity index is 1.93. The molecule has 2 N–H and O–H groups in total. The molecule has 8 heteroatoms. The lowest BCUT2D eigenvalue weighted by Crippen LogP contribution is -2.60. The van der Waals surface area contributed by atoms with Gasteiger partial charge in [-0.15, -0.1) is 0 Å². The first-order valence-electron chi connectivity index (χ1n) is 8.60. The summed E-state index contributed by atoms with van der Waals surface area (Å²) in [7, 11) is 1.29. The molecule has 0 radical (unpaired) electrons. The van der Waals surface area contributed by atoms with Crippen molar-refractivity contribution in [3.63, 3.8) is 0 Å². The molecule has 0 saturated heterocycles. The van der Waals surface area contributed by atoms with Gasteiger partial charge in [-0.3, -0.25) is 14.5 Å².